The van der Waals surface area contributed by atoms with Crippen LogP contribution in [-0.2, 0) is 21.6 Å². The Morgan fingerprint density at radius 2 is 1.69 bits per heavy atom. The van der Waals surface area contributed by atoms with Gasteiger partial charge in [0, 0.05) is 11.6 Å². The second kappa shape index (κ2) is 7.22. The molecule has 0 heterocycles. The van der Waals surface area contributed by atoms with E-state index in [1.807, 2.05) is 6.07 Å². The van der Waals surface area contributed by atoms with E-state index >= 15 is 0 Å². The molecule has 0 aromatic heterocycles. The summed E-state index contributed by atoms with van der Waals surface area (Å²) < 4.78 is 5.58. The minimum absolute atomic E-state index is 0.0167. The molecule has 0 aliphatic rings. The lowest BCUT2D eigenvalue weighted by atomic mass is 9.79. The van der Waals surface area contributed by atoms with Crippen molar-refractivity contribution in [3.63, 3.8) is 0 Å². The van der Waals surface area contributed by atoms with Crippen LogP contribution < -0.4 is 4.74 Å². The van der Waals surface area contributed by atoms with Gasteiger partial charge in [0.25, 0.3) is 0 Å². The Morgan fingerprint density at radius 1 is 1.12 bits per heavy atom. The Hall–Kier alpha value is -3.42. The van der Waals surface area contributed by atoms with E-state index in [1.165, 1.54) is 6.92 Å². The molecule has 0 aliphatic carbocycles. The average Bonchev–Trinajstić information content (AvgIpc) is 2.60. The molecule has 0 fully saturated rings. The zero-order valence-electron chi connectivity index (χ0n) is 14.1. The molecule has 2 aromatic rings. The highest BCUT2D eigenvalue weighted by Crippen LogP contribution is 2.39. The van der Waals surface area contributed by atoms with E-state index in [0.717, 1.165) is 24.6 Å². The van der Waals surface area contributed by atoms with Crippen molar-refractivity contribution in [3.8, 4) is 5.75 Å². The van der Waals surface area contributed by atoms with Crippen molar-refractivity contribution in [2.75, 3.05) is 0 Å². The van der Waals surface area contributed by atoms with Gasteiger partial charge in [0.2, 0.25) is 5.75 Å². The van der Waals surface area contributed by atoms with Crippen molar-refractivity contribution in [1.29, 1.82) is 0 Å². The second-order valence-electron chi connectivity index (χ2n) is 5.85. The molecule has 0 bridgehead atoms. The molecule has 8 heteroatoms. The highest BCUT2D eigenvalue weighted by atomic mass is 16.6. The van der Waals surface area contributed by atoms with Gasteiger partial charge < -0.3 is 14.9 Å². The number of carbonyl (C=O) groups is 2. The molecule has 2 N–H and O–H groups in total. The third-order valence-corrected chi connectivity index (χ3v) is 4.20. The summed E-state index contributed by atoms with van der Waals surface area (Å²) >= 11 is 0. The largest absolute Gasteiger partial charge is 0.482 e. The molecule has 2 rings (SSSR count). The summed E-state index contributed by atoms with van der Waals surface area (Å²) in [6.45, 7) is 2.46. The first-order valence-electron chi connectivity index (χ1n) is 7.61. The van der Waals surface area contributed by atoms with Gasteiger partial charge in [-0.25, -0.2) is 0 Å². The minimum atomic E-state index is -2.26. The molecular weight excluding hydrogens is 342 g/mol. The van der Waals surface area contributed by atoms with Gasteiger partial charge in [-0.1, -0.05) is 30.3 Å². The van der Waals surface area contributed by atoms with Gasteiger partial charge in [0.1, 0.15) is 6.61 Å². The number of ether oxygens (including phenoxy) is 1. The van der Waals surface area contributed by atoms with Gasteiger partial charge >= 0.3 is 17.6 Å². The lowest BCUT2D eigenvalue weighted by molar-refractivity contribution is -0.386. The summed E-state index contributed by atoms with van der Waals surface area (Å²) in [6.07, 6.45) is 0. The van der Waals surface area contributed by atoms with E-state index < -0.39 is 22.3 Å². The molecule has 0 unspecified atom stereocenters. The molecule has 2 aromatic carbocycles. The summed E-state index contributed by atoms with van der Waals surface area (Å²) in [5, 5.41) is 30.1. The maximum atomic E-state index is 11.6. The molecule has 0 saturated heterocycles. The zero-order chi connectivity index (χ0) is 19.5. The highest BCUT2D eigenvalue weighted by Gasteiger charge is 2.45. The van der Waals surface area contributed by atoms with Crippen LogP contribution in [0.4, 0.5) is 5.69 Å². The first-order chi connectivity index (χ1) is 12.2. The summed E-state index contributed by atoms with van der Waals surface area (Å²) in [6, 6.07) is 11.1. The van der Waals surface area contributed by atoms with Crippen molar-refractivity contribution in [2.24, 2.45) is 0 Å². The monoisotopic (exact) mass is 359 g/mol. The number of aliphatic carboxylic acids is 2. The van der Waals surface area contributed by atoms with Crippen LogP contribution in [0.15, 0.2) is 42.5 Å². The lowest BCUT2D eigenvalue weighted by Gasteiger charge is -2.23. The van der Waals surface area contributed by atoms with Gasteiger partial charge in [0.15, 0.2) is 5.41 Å². The summed E-state index contributed by atoms with van der Waals surface area (Å²) in [5.41, 5.74) is -1.84. The fourth-order valence-corrected chi connectivity index (χ4v) is 2.60. The molecule has 0 atom stereocenters. The van der Waals surface area contributed by atoms with Crippen molar-refractivity contribution < 1.29 is 29.5 Å². The molecule has 26 heavy (non-hydrogen) atoms. The van der Waals surface area contributed by atoms with Gasteiger partial charge in [-0.15, -0.1) is 0 Å². The Kier molecular flexibility index (Phi) is 5.25. The van der Waals surface area contributed by atoms with Crippen LogP contribution in [0, 0.1) is 17.0 Å². The van der Waals surface area contributed by atoms with Gasteiger partial charge in [-0.2, -0.15) is 0 Å². The van der Waals surface area contributed by atoms with Crippen molar-refractivity contribution in [1.82, 2.24) is 0 Å². The fourth-order valence-electron chi connectivity index (χ4n) is 2.60. The van der Waals surface area contributed by atoms with E-state index in [1.54, 1.807) is 24.3 Å². The number of hydrogen-bond acceptors (Lipinski definition) is 5. The quantitative estimate of drug-likeness (QED) is 0.442. The van der Waals surface area contributed by atoms with Crippen molar-refractivity contribution >= 4 is 17.6 Å². The number of rotatable bonds is 7. The number of nitrogens with zero attached hydrogens (tertiary/aromatic N) is 1. The van der Waals surface area contributed by atoms with Gasteiger partial charge in [0.05, 0.1) is 4.92 Å². The third-order valence-electron chi connectivity index (χ3n) is 4.20. The van der Waals surface area contributed by atoms with E-state index in [2.05, 4.69) is 0 Å². The van der Waals surface area contributed by atoms with E-state index in [9.17, 15) is 29.9 Å². The highest BCUT2D eigenvalue weighted by molar-refractivity contribution is 6.04. The van der Waals surface area contributed by atoms with Crippen LogP contribution in [0.25, 0.3) is 0 Å². The molecule has 8 nitrogen and oxygen atoms in total. The normalized spacial score (nSPS) is 11.0. The Balaban J connectivity index is 2.56. The predicted molar refractivity (Wildman–Crippen MR) is 91.2 cm³/mol. The van der Waals surface area contributed by atoms with Crippen LogP contribution in [0.2, 0.25) is 0 Å². The first kappa shape index (κ1) is 18.9. The number of hydrogen-bond donors (Lipinski definition) is 2. The minimum Gasteiger partial charge on any atom is -0.482 e. The third kappa shape index (κ3) is 3.34. The van der Waals surface area contributed by atoms with Crippen LogP contribution in [0.5, 0.6) is 5.75 Å². The van der Waals surface area contributed by atoms with Gasteiger partial charge in [-0.05, 0) is 31.0 Å². The molecule has 0 amide bonds. The zero-order valence-corrected chi connectivity index (χ0v) is 14.1. The number of nitro groups is 1. The Labute approximate surface area is 148 Å². The second-order valence-corrected chi connectivity index (χ2v) is 5.85. The van der Waals surface area contributed by atoms with E-state index in [-0.39, 0.29) is 29.2 Å². The topological polar surface area (TPSA) is 127 Å². The van der Waals surface area contributed by atoms with E-state index in [0.29, 0.717) is 0 Å². The Morgan fingerprint density at radius 3 is 2.19 bits per heavy atom. The summed E-state index contributed by atoms with van der Waals surface area (Å²) in [5.74, 6) is -3.29. The number of nitro benzene ring substituents is 1. The maximum absolute atomic E-state index is 11.6. The number of benzene rings is 2. The van der Waals surface area contributed by atoms with Crippen LogP contribution >= 0.6 is 0 Å². The Bertz CT molecular complexity index is 847. The SMILES string of the molecule is Cc1c(C(C)(C(=O)O)C(=O)O)ccc([N+](=O)[O-])c1OCc1ccccc1. The summed E-state index contributed by atoms with van der Waals surface area (Å²) in [4.78, 5) is 33.8. The number of carboxylic acid groups (broad SMARTS) is 2. The van der Waals surface area contributed by atoms with Crippen molar-refractivity contribution in [3.05, 3.63) is 69.3 Å². The van der Waals surface area contributed by atoms with Gasteiger partial charge in [-0.3, -0.25) is 19.7 Å². The molecule has 136 valence electrons. The van der Waals surface area contributed by atoms with Crippen LogP contribution in [0.3, 0.4) is 0 Å². The van der Waals surface area contributed by atoms with Crippen LogP contribution in [0.1, 0.15) is 23.6 Å². The smallest absolute Gasteiger partial charge is 0.325 e. The van der Waals surface area contributed by atoms with Crippen molar-refractivity contribution in [2.45, 2.75) is 25.9 Å². The molecular formula is C18H17NO7. The summed E-state index contributed by atoms with van der Waals surface area (Å²) in [7, 11) is 0. The number of carboxylic acids is 2. The van der Waals surface area contributed by atoms with Crippen LogP contribution in [-0.4, -0.2) is 27.1 Å². The first-order valence-corrected chi connectivity index (χ1v) is 7.61. The predicted octanol–water partition coefficient (Wildman–Crippen LogP) is 2.91. The fraction of sp³-hybridized carbons (Fsp3) is 0.222. The molecule has 0 saturated carbocycles. The maximum Gasteiger partial charge on any atom is 0.325 e. The standard InChI is InChI=1S/C18H17NO7/c1-11-13(18(2,16(20)21)17(22)23)8-9-14(19(24)25)15(11)26-10-12-6-4-3-5-7-12/h3-9H,10H2,1-2H3,(H,20,21)(H,22,23). The van der Waals surface area contributed by atoms with E-state index in [4.69, 9.17) is 4.74 Å². The average molecular weight is 359 g/mol. The molecule has 0 spiro atoms. The lowest BCUT2D eigenvalue weighted by Crippen LogP contribution is -2.41. The molecule has 0 aliphatic heterocycles. The molecule has 0 radical (unpaired) electrons.